The van der Waals surface area contributed by atoms with Gasteiger partial charge in [-0.15, -0.1) is 0 Å². The van der Waals surface area contributed by atoms with E-state index in [0.29, 0.717) is 21.9 Å². The third-order valence-corrected chi connectivity index (χ3v) is 2.81. The van der Waals surface area contributed by atoms with Crippen LogP contribution in [0, 0.1) is 5.82 Å². The molecule has 0 bridgehead atoms. The van der Waals surface area contributed by atoms with Crippen LogP contribution in [0.2, 0.25) is 5.02 Å². The second-order valence-corrected chi connectivity index (χ2v) is 4.59. The molecule has 1 heterocycles. The maximum atomic E-state index is 13.0. The monoisotopic (exact) mass is 281 g/mol. The first kappa shape index (κ1) is 13.8. The molecular formula is C14H13ClFNO2. The van der Waals surface area contributed by atoms with E-state index >= 15 is 0 Å². The van der Waals surface area contributed by atoms with Gasteiger partial charge >= 0.3 is 0 Å². The summed E-state index contributed by atoms with van der Waals surface area (Å²) in [4.78, 5) is 3.74. The molecular weight excluding hydrogens is 269 g/mol. The molecule has 2 aromatic rings. The fourth-order valence-electron chi connectivity index (χ4n) is 1.67. The number of aliphatic hydroxyl groups is 1. The van der Waals surface area contributed by atoms with Gasteiger partial charge in [0.05, 0.1) is 12.3 Å². The van der Waals surface area contributed by atoms with Crippen molar-refractivity contribution in [3.8, 4) is 5.75 Å². The zero-order chi connectivity index (χ0) is 13.8. The molecule has 0 fully saturated rings. The second-order valence-electron chi connectivity index (χ2n) is 4.16. The molecule has 1 aromatic carbocycles. The molecule has 0 aliphatic carbocycles. The van der Waals surface area contributed by atoms with Gasteiger partial charge in [0.15, 0.2) is 0 Å². The van der Waals surface area contributed by atoms with Gasteiger partial charge in [-0.2, -0.15) is 0 Å². The first-order valence-corrected chi connectivity index (χ1v) is 6.14. The minimum Gasteiger partial charge on any atom is -0.488 e. The number of benzene rings is 1. The summed E-state index contributed by atoms with van der Waals surface area (Å²) >= 11 is 5.87. The van der Waals surface area contributed by atoms with Crippen LogP contribution in [0.3, 0.4) is 0 Å². The van der Waals surface area contributed by atoms with Crippen molar-refractivity contribution in [2.75, 3.05) is 0 Å². The maximum Gasteiger partial charge on any atom is 0.141 e. The molecule has 0 amide bonds. The lowest BCUT2D eigenvalue weighted by Gasteiger charge is -2.13. The average molecular weight is 282 g/mol. The molecule has 0 spiro atoms. The van der Waals surface area contributed by atoms with Crippen molar-refractivity contribution < 1.29 is 14.2 Å². The van der Waals surface area contributed by atoms with Gasteiger partial charge in [0.2, 0.25) is 0 Å². The second kappa shape index (κ2) is 5.99. The number of ether oxygens (including phenoxy) is 1. The predicted molar refractivity (Wildman–Crippen MR) is 70.6 cm³/mol. The van der Waals surface area contributed by atoms with E-state index in [1.807, 2.05) is 0 Å². The highest BCUT2D eigenvalue weighted by atomic mass is 35.5. The van der Waals surface area contributed by atoms with Gasteiger partial charge in [0.25, 0.3) is 0 Å². The van der Waals surface area contributed by atoms with Crippen LogP contribution in [0.4, 0.5) is 4.39 Å². The van der Waals surface area contributed by atoms with Crippen molar-refractivity contribution in [3.05, 3.63) is 58.6 Å². The summed E-state index contributed by atoms with van der Waals surface area (Å²) in [6.07, 6.45) is 1.97. The van der Waals surface area contributed by atoms with E-state index < -0.39 is 11.9 Å². The first-order chi connectivity index (χ1) is 9.06. The van der Waals surface area contributed by atoms with Crippen LogP contribution in [-0.4, -0.2) is 10.1 Å². The van der Waals surface area contributed by atoms with Crippen LogP contribution in [0.5, 0.6) is 5.75 Å². The van der Waals surface area contributed by atoms with E-state index in [9.17, 15) is 9.50 Å². The summed E-state index contributed by atoms with van der Waals surface area (Å²) in [5.41, 5.74) is 1.21. The zero-order valence-corrected chi connectivity index (χ0v) is 11.1. The van der Waals surface area contributed by atoms with Gasteiger partial charge in [-0.05, 0) is 31.2 Å². The summed E-state index contributed by atoms with van der Waals surface area (Å²) in [5.74, 6) is 0.108. The largest absolute Gasteiger partial charge is 0.488 e. The molecule has 0 unspecified atom stereocenters. The third-order valence-electron chi connectivity index (χ3n) is 2.58. The Morgan fingerprint density at radius 3 is 2.84 bits per heavy atom. The van der Waals surface area contributed by atoms with Crippen molar-refractivity contribution in [3.63, 3.8) is 0 Å². The molecule has 1 N–H and O–H groups in total. The van der Waals surface area contributed by atoms with Crippen LogP contribution >= 0.6 is 11.6 Å². The van der Waals surface area contributed by atoms with Crippen molar-refractivity contribution in [2.24, 2.45) is 0 Å². The Hall–Kier alpha value is -1.65. The first-order valence-electron chi connectivity index (χ1n) is 5.76. The third kappa shape index (κ3) is 3.66. The number of hydrogen-bond donors (Lipinski definition) is 1. The quantitative estimate of drug-likeness (QED) is 0.932. The van der Waals surface area contributed by atoms with Gasteiger partial charge < -0.3 is 9.84 Å². The number of nitrogens with zero attached hydrogens (tertiary/aromatic N) is 1. The number of rotatable bonds is 4. The predicted octanol–water partition coefficient (Wildman–Crippen LogP) is 3.51. The van der Waals surface area contributed by atoms with Crippen molar-refractivity contribution >= 4 is 11.6 Å². The van der Waals surface area contributed by atoms with Gasteiger partial charge in [0.1, 0.15) is 18.2 Å². The molecule has 3 nitrogen and oxygen atoms in total. The zero-order valence-electron chi connectivity index (χ0n) is 10.3. The molecule has 0 saturated carbocycles. The normalized spacial score (nSPS) is 12.2. The molecule has 1 aromatic heterocycles. The van der Waals surface area contributed by atoms with E-state index in [-0.39, 0.29) is 6.61 Å². The molecule has 0 aliphatic heterocycles. The Kier molecular flexibility index (Phi) is 4.35. The maximum absolute atomic E-state index is 13.0. The summed E-state index contributed by atoms with van der Waals surface area (Å²) in [5, 5.41) is 10.2. The van der Waals surface area contributed by atoms with Crippen LogP contribution in [0.15, 0.2) is 36.7 Å². The van der Waals surface area contributed by atoms with E-state index in [1.165, 1.54) is 12.3 Å². The topological polar surface area (TPSA) is 42.4 Å². The summed E-state index contributed by atoms with van der Waals surface area (Å²) < 4.78 is 18.5. The van der Waals surface area contributed by atoms with E-state index in [0.717, 1.165) is 6.20 Å². The smallest absolute Gasteiger partial charge is 0.141 e. The molecule has 0 radical (unpaired) electrons. The fraction of sp³-hybridized carbons (Fsp3) is 0.214. The highest BCUT2D eigenvalue weighted by Crippen LogP contribution is 2.28. The SMILES string of the molecule is C[C@@H](O)c1cc(Cl)ccc1OCc1cncc(F)c1. The number of pyridine rings is 1. The Balaban J connectivity index is 2.15. The van der Waals surface area contributed by atoms with Crippen LogP contribution in [0.1, 0.15) is 24.2 Å². The fourth-order valence-corrected chi connectivity index (χ4v) is 1.85. The highest BCUT2D eigenvalue weighted by Gasteiger charge is 2.10. The Labute approximate surface area is 115 Å². The van der Waals surface area contributed by atoms with Gasteiger partial charge in [-0.1, -0.05) is 11.6 Å². The lowest BCUT2D eigenvalue weighted by molar-refractivity contribution is 0.190. The Morgan fingerprint density at radius 1 is 1.37 bits per heavy atom. The van der Waals surface area contributed by atoms with Gasteiger partial charge in [-0.25, -0.2) is 4.39 Å². The van der Waals surface area contributed by atoms with E-state index in [4.69, 9.17) is 16.3 Å². The molecule has 1 atom stereocenters. The van der Waals surface area contributed by atoms with Crippen LogP contribution in [-0.2, 0) is 6.61 Å². The summed E-state index contributed by atoms with van der Waals surface area (Å²) in [6, 6.07) is 6.35. The Morgan fingerprint density at radius 2 is 2.16 bits per heavy atom. The van der Waals surface area contributed by atoms with Crippen LogP contribution in [0.25, 0.3) is 0 Å². The van der Waals surface area contributed by atoms with Gasteiger partial charge in [-0.3, -0.25) is 4.98 Å². The molecule has 100 valence electrons. The molecule has 2 rings (SSSR count). The number of halogens is 2. The molecule has 5 heteroatoms. The van der Waals surface area contributed by atoms with Crippen molar-refractivity contribution in [1.29, 1.82) is 0 Å². The minimum atomic E-state index is -0.695. The number of aromatic nitrogens is 1. The summed E-state index contributed by atoms with van der Waals surface area (Å²) in [7, 11) is 0. The standard InChI is InChI=1S/C14H13ClFNO2/c1-9(18)13-5-11(15)2-3-14(13)19-8-10-4-12(16)7-17-6-10/h2-7,9,18H,8H2,1H3/t9-/m1/s1. The van der Waals surface area contributed by atoms with Gasteiger partial charge in [0, 0.05) is 22.3 Å². The van der Waals surface area contributed by atoms with Crippen molar-refractivity contribution in [2.45, 2.75) is 19.6 Å². The summed E-state index contributed by atoms with van der Waals surface area (Å²) in [6.45, 7) is 1.80. The highest BCUT2D eigenvalue weighted by molar-refractivity contribution is 6.30. The minimum absolute atomic E-state index is 0.173. The van der Waals surface area contributed by atoms with Crippen LogP contribution < -0.4 is 4.74 Å². The van der Waals surface area contributed by atoms with E-state index in [2.05, 4.69) is 4.98 Å². The molecule has 0 aliphatic rings. The van der Waals surface area contributed by atoms with Crippen molar-refractivity contribution in [1.82, 2.24) is 4.98 Å². The number of aliphatic hydroxyl groups excluding tert-OH is 1. The lowest BCUT2D eigenvalue weighted by atomic mass is 10.1. The molecule has 0 saturated heterocycles. The average Bonchev–Trinajstić information content (AvgIpc) is 2.37. The lowest BCUT2D eigenvalue weighted by Crippen LogP contribution is -2.01. The molecule has 19 heavy (non-hydrogen) atoms. The number of hydrogen-bond acceptors (Lipinski definition) is 3. The Bertz CT molecular complexity index is 575. The van der Waals surface area contributed by atoms with E-state index in [1.54, 1.807) is 25.1 Å².